The van der Waals surface area contributed by atoms with Crippen molar-refractivity contribution in [3.63, 3.8) is 0 Å². The predicted octanol–water partition coefficient (Wildman–Crippen LogP) is 4.26. The van der Waals surface area contributed by atoms with E-state index >= 15 is 0 Å². The fraction of sp³-hybridized carbons (Fsp3) is 0.500. The Bertz CT molecular complexity index is 685. The molecule has 0 radical (unpaired) electrons. The molecular weight excluding hydrogens is 252 g/mol. The molecule has 0 spiro atoms. The average molecular weight is 272 g/mol. The summed E-state index contributed by atoms with van der Waals surface area (Å²) in [5, 5.41) is 12.1. The molecule has 0 fully saturated rings. The highest BCUT2D eigenvalue weighted by atomic mass is 16.6. The maximum atomic E-state index is 11.0. The van der Waals surface area contributed by atoms with Crippen molar-refractivity contribution in [3.8, 4) is 0 Å². The molecule has 1 unspecified atom stereocenters. The Labute approximate surface area is 118 Å². The van der Waals surface area contributed by atoms with Gasteiger partial charge in [0.15, 0.2) is 0 Å². The minimum Gasteiger partial charge on any atom is -0.342 e. The van der Waals surface area contributed by atoms with Crippen LogP contribution >= 0.6 is 0 Å². The van der Waals surface area contributed by atoms with Gasteiger partial charge in [-0.15, -0.1) is 0 Å². The highest BCUT2D eigenvalue weighted by Gasteiger charge is 2.25. The lowest BCUT2D eigenvalue weighted by molar-refractivity contribution is -0.384. The number of rotatable bonds is 2. The molecule has 1 aliphatic rings. The molecule has 1 aromatic heterocycles. The van der Waals surface area contributed by atoms with Crippen LogP contribution in [0, 0.1) is 16.0 Å². The molecular formula is C16H20N2O2. The smallest absolute Gasteiger partial charge is 0.270 e. The third kappa shape index (κ3) is 1.90. The molecule has 0 aliphatic heterocycles. The minimum atomic E-state index is -0.301. The minimum absolute atomic E-state index is 0.194. The molecule has 0 saturated carbocycles. The zero-order valence-corrected chi connectivity index (χ0v) is 12.2. The second kappa shape index (κ2) is 4.62. The lowest BCUT2D eigenvalue weighted by atomic mass is 9.87. The Morgan fingerprint density at radius 3 is 2.80 bits per heavy atom. The van der Waals surface area contributed by atoms with Crippen LogP contribution in [0.4, 0.5) is 5.69 Å². The summed E-state index contributed by atoms with van der Waals surface area (Å²) in [6, 6.07) is 5.67. The second-order valence-corrected chi connectivity index (χ2v) is 6.20. The SMILES string of the molecule is CC1CCc2c(c3cc([N+](=O)[O-])ccc3n2C(C)C)C1. The highest BCUT2D eigenvalue weighted by molar-refractivity contribution is 5.88. The predicted molar refractivity (Wildman–Crippen MR) is 80.2 cm³/mol. The number of hydrogen-bond acceptors (Lipinski definition) is 2. The number of nitro benzene ring substituents is 1. The first-order chi connectivity index (χ1) is 9.49. The molecule has 1 heterocycles. The van der Waals surface area contributed by atoms with Crippen molar-refractivity contribution in [1.29, 1.82) is 0 Å². The second-order valence-electron chi connectivity index (χ2n) is 6.20. The van der Waals surface area contributed by atoms with Gasteiger partial charge in [0.25, 0.3) is 5.69 Å². The van der Waals surface area contributed by atoms with E-state index in [4.69, 9.17) is 0 Å². The maximum Gasteiger partial charge on any atom is 0.270 e. The van der Waals surface area contributed by atoms with Crippen LogP contribution in [0.15, 0.2) is 18.2 Å². The summed E-state index contributed by atoms with van der Waals surface area (Å²) in [6.07, 6.45) is 3.32. The van der Waals surface area contributed by atoms with Crippen molar-refractivity contribution in [3.05, 3.63) is 39.6 Å². The summed E-state index contributed by atoms with van der Waals surface area (Å²) in [5.74, 6) is 0.660. The molecule has 1 aromatic carbocycles. The van der Waals surface area contributed by atoms with Gasteiger partial charge >= 0.3 is 0 Å². The monoisotopic (exact) mass is 272 g/mol. The van der Waals surface area contributed by atoms with E-state index in [0.717, 1.165) is 23.7 Å². The van der Waals surface area contributed by atoms with Crippen molar-refractivity contribution < 1.29 is 4.92 Å². The largest absolute Gasteiger partial charge is 0.342 e. The number of benzene rings is 1. The normalized spacial score (nSPS) is 18.5. The number of aromatic nitrogens is 1. The quantitative estimate of drug-likeness (QED) is 0.606. The first kappa shape index (κ1) is 13.2. The van der Waals surface area contributed by atoms with Gasteiger partial charge in [0.2, 0.25) is 0 Å². The van der Waals surface area contributed by atoms with Gasteiger partial charge in [-0.25, -0.2) is 0 Å². The van der Waals surface area contributed by atoms with Gasteiger partial charge in [-0.2, -0.15) is 0 Å². The first-order valence-electron chi connectivity index (χ1n) is 7.29. The van der Waals surface area contributed by atoms with Crippen molar-refractivity contribution in [2.75, 3.05) is 0 Å². The summed E-state index contributed by atoms with van der Waals surface area (Å²) >= 11 is 0. The molecule has 106 valence electrons. The van der Waals surface area contributed by atoms with Crippen molar-refractivity contribution in [2.45, 2.75) is 46.1 Å². The summed E-state index contributed by atoms with van der Waals surface area (Å²) in [6.45, 7) is 6.62. The molecule has 1 atom stereocenters. The summed E-state index contributed by atoms with van der Waals surface area (Å²) in [7, 11) is 0. The number of hydrogen-bond donors (Lipinski definition) is 0. The lowest BCUT2D eigenvalue weighted by Crippen LogP contribution is -2.14. The van der Waals surface area contributed by atoms with Gasteiger partial charge in [-0.1, -0.05) is 6.92 Å². The Balaban J connectivity index is 2.31. The molecule has 20 heavy (non-hydrogen) atoms. The maximum absolute atomic E-state index is 11.0. The Morgan fingerprint density at radius 2 is 2.15 bits per heavy atom. The van der Waals surface area contributed by atoms with Gasteiger partial charge in [0.05, 0.1) is 4.92 Å². The summed E-state index contributed by atoms with van der Waals surface area (Å²) < 4.78 is 2.36. The van der Waals surface area contributed by atoms with E-state index in [2.05, 4.69) is 25.3 Å². The first-order valence-corrected chi connectivity index (χ1v) is 7.29. The van der Waals surface area contributed by atoms with Crippen LogP contribution in [-0.2, 0) is 12.8 Å². The van der Waals surface area contributed by atoms with Crippen molar-refractivity contribution in [2.24, 2.45) is 5.92 Å². The van der Waals surface area contributed by atoms with Gasteiger partial charge in [0.1, 0.15) is 0 Å². The zero-order valence-electron chi connectivity index (χ0n) is 12.2. The fourth-order valence-electron chi connectivity index (χ4n) is 3.46. The molecule has 0 N–H and O–H groups in total. The van der Waals surface area contributed by atoms with Gasteiger partial charge in [-0.3, -0.25) is 10.1 Å². The number of nitro groups is 1. The summed E-state index contributed by atoms with van der Waals surface area (Å²) in [5.41, 5.74) is 4.05. The third-order valence-electron chi connectivity index (χ3n) is 4.36. The van der Waals surface area contributed by atoms with Crippen LogP contribution in [0.5, 0.6) is 0 Å². The van der Waals surface area contributed by atoms with Crippen LogP contribution in [0.3, 0.4) is 0 Å². The van der Waals surface area contributed by atoms with Gasteiger partial charge < -0.3 is 4.57 Å². The molecule has 0 amide bonds. The van der Waals surface area contributed by atoms with E-state index < -0.39 is 0 Å². The van der Waals surface area contributed by atoms with Crippen molar-refractivity contribution in [1.82, 2.24) is 4.57 Å². The summed E-state index contributed by atoms with van der Waals surface area (Å²) in [4.78, 5) is 10.7. The molecule has 2 aromatic rings. The third-order valence-corrected chi connectivity index (χ3v) is 4.36. The molecule has 4 nitrogen and oxygen atoms in total. The van der Waals surface area contributed by atoms with E-state index in [9.17, 15) is 10.1 Å². The molecule has 1 aliphatic carbocycles. The topological polar surface area (TPSA) is 48.1 Å². The fourth-order valence-corrected chi connectivity index (χ4v) is 3.46. The number of nitrogens with zero attached hydrogens (tertiary/aromatic N) is 2. The van der Waals surface area contributed by atoms with Gasteiger partial charge in [0, 0.05) is 34.8 Å². The van der Waals surface area contributed by atoms with E-state index in [1.54, 1.807) is 12.1 Å². The van der Waals surface area contributed by atoms with Gasteiger partial charge in [-0.05, 0) is 50.7 Å². The number of non-ortho nitro benzene ring substituents is 1. The van der Waals surface area contributed by atoms with Crippen LogP contribution in [0.1, 0.15) is 44.5 Å². The van der Waals surface area contributed by atoms with Crippen LogP contribution in [0.2, 0.25) is 0 Å². The standard InChI is InChI=1S/C16H20N2O2/c1-10(2)17-15-6-4-11(3)8-13(15)14-9-12(18(19)20)5-7-16(14)17/h5,7,9-11H,4,6,8H2,1-3H3. The van der Waals surface area contributed by atoms with Crippen LogP contribution < -0.4 is 0 Å². The van der Waals surface area contributed by atoms with Crippen LogP contribution in [0.25, 0.3) is 10.9 Å². The van der Waals surface area contributed by atoms with E-state index in [1.165, 1.54) is 17.7 Å². The Kier molecular flexibility index (Phi) is 3.04. The highest BCUT2D eigenvalue weighted by Crippen LogP contribution is 2.37. The Hall–Kier alpha value is -1.84. The lowest BCUT2D eigenvalue weighted by Gasteiger charge is -2.22. The number of fused-ring (bicyclic) bond motifs is 3. The van der Waals surface area contributed by atoms with Crippen molar-refractivity contribution >= 4 is 16.6 Å². The average Bonchev–Trinajstić information content (AvgIpc) is 2.71. The molecule has 0 bridgehead atoms. The Morgan fingerprint density at radius 1 is 1.40 bits per heavy atom. The van der Waals surface area contributed by atoms with E-state index in [-0.39, 0.29) is 10.6 Å². The molecule has 0 saturated heterocycles. The van der Waals surface area contributed by atoms with E-state index in [1.807, 2.05) is 6.07 Å². The van der Waals surface area contributed by atoms with E-state index in [0.29, 0.717) is 12.0 Å². The molecule has 3 rings (SSSR count). The van der Waals surface area contributed by atoms with Crippen LogP contribution in [-0.4, -0.2) is 9.49 Å². The molecule has 4 heteroatoms. The zero-order chi connectivity index (χ0) is 14.4.